The molecule has 0 aromatic heterocycles. The first-order valence-electron chi connectivity index (χ1n) is 6.13. The van der Waals surface area contributed by atoms with Gasteiger partial charge in [0, 0.05) is 6.21 Å². The highest BCUT2D eigenvalue weighted by Crippen LogP contribution is 2.23. The Labute approximate surface area is 113 Å². The zero-order chi connectivity index (χ0) is 13.7. The molecule has 0 fully saturated rings. The van der Waals surface area contributed by atoms with E-state index in [-0.39, 0.29) is 0 Å². The number of aryl methyl sites for hydroxylation is 2. The van der Waals surface area contributed by atoms with E-state index in [2.05, 4.69) is 4.99 Å². The molecule has 0 aliphatic rings. The van der Waals surface area contributed by atoms with Crippen LogP contribution in [0, 0.1) is 13.8 Å². The van der Waals surface area contributed by atoms with E-state index in [0.29, 0.717) is 5.57 Å². The molecule has 0 N–H and O–H groups in total. The predicted molar refractivity (Wildman–Crippen MR) is 79.6 cm³/mol. The lowest BCUT2D eigenvalue weighted by Gasteiger charge is -2.03. The lowest BCUT2D eigenvalue weighted by Crippen LogP contribution is -1.87. The number of aliphatic imine (C=N–C) groups is 1. The van der Waals surface area contributed by atoms with Crippen molar-refractivity contribution in [3.05, 3.63) is 65.2 Å². The average Bonchev–Trinajstić information content (AvgIpc) is 2.43. The Morgan fingerprint density at radius 3 is 2.21 bits per heavy atom. The predicted octanol–water partition coefficient (Wildman–Crippen LogP) is 3.92. The van der Waals surface area contributed by atoms with Crippen molar-refractivity contribution in [2.24, 2.45) is 4.99 Å². The van der Waals surface area contributed by atoms with Gasteiger partial charge in [-0.05, 0) is 30.5 Å². The van der Waals surface area contributed by atoms with Gasteiger partial charge in [-0.15, -0.1) is 0 Å². The van der Waals surface area contributed by atoms with Crippen LogP contribution in [0.4, 0.5) is 5.69 Å². The second-order valence-corrected chi connectivity index (χ2v) is 4.38. The number of para-hydroxylation sites is 1. The molecule has 0 saturated heterocycles. The molecule has 2 rings (SSSR count). The van der Waals surface area contributed by atoms with Gasteiger partial charge >= 0.3 is 0 Å². The maximum Gasteiger partial charge on any atom is 0.134 e. The third-order valence-corrected chi connectivity index (χ3v) is 2.96. The van der Waals surface area contributed by atoms with Gasteiger partial charge in [0.05, 0.1) is 11.3 Å². The summed E-state index contributed by atoms with van der Waals surface area (Å²) in [6.45, 7) is 4.01. The third kappa shape index (κ3) is 3.06. The molecule has 0 amide bonds. The summed E-state index contributed by atoms with van der Waals surface area (Å²) in [4.78, 5) is 15.5. The van der Waals surface area contributed by atoms with Crippen LogP contribution in [0.25, 0.3) is 5.57 Å². The van der Waals surface area contributed by atoms with E-state index in [1.165, 1.54) is 0 Å². The van der Waals surface area contributed by atoms with Crippen LogP contribution in [-0.4, -0.2) is 12.2 Å². The maximum atomic E-state index is 11.0. The fourth-order valence-electron chi connectivity index (χ4n) is 1.92. The van der Waals surface area contributed by atoms with E-state index in [1.807, 2.05) is 68.3 Å². The van der Waals surface area contributed by atoms with Crippen molar-refractivity contribution >= 4 is 23.4 Å². The van der Waals surface area contributed by atoms with Crippen molar-refractivity contribution in [3.8, 4) is 0 Å². The Hall–Kier alpha value is -2.44. The van der Waals surface area contributed by atoms with E-state index in [4.69, 9.17) is 0 Å². The second kappa shape index (κ2) is 5.94. The van der Waals surface area contributed by atoms with Crippen molar-refractivity contribution in [1.29, 1.82) is 0 Å². The number of carbonyl (C=O) groups excluding carboxylic acids is 1. The molecule has 0 aliphatic carbocycles. The zero-order valence-electron chi connectivity index (χ0n) is 11.1. The largest absolute Gasteiger partial charge is 0.255 e. The summed E-state index contributed by atoms with van der Waals surface area (Å²) >= 11 is 0. The van der Waals surface area contributed by atoms with Gasteiger partial charge < -0.3 is 0 Å². The quantitative estimate of drug-likeness (QED) is 0.598. The molecule has 0 unspecified atom stereocenters. The Morgan fingerprint density at radius 1 is 1.00 bits per heavy atom. The van der Waals surface area contributed by atoms with Crippen molar-refractivity contribution < 1.29 is 4.79 Å². The minimum atomic E-state index is 0.461. The molecule has 2 aromatic carbocycles. The third-order valence-electron chi connectivity index (χ3n) is 2.96. The average molecular weight is 249 g/mol. The van der Waals surface area contributed by atoms with Crippen LogP contribution < -0.4 is 0 Å². The van der Waals surface area contributed by atoms with Crippen molar-refractivity contribution in [2.75, 3.05) is 0 Å². The molecule has 0 heterocycles. The molecule has 0 saturated carbocycles. The molecule has 2 aromatic rings. The van der Waals surface area contributed by atoms with Crippen LogP contribution in [0.2, 0.25) is 0 Å². The van der Waals surface area contributed by atoms with Crippen molar-refractivity contribution in [2.45, 2.75) is 13.8 Å². The first-order chi connectivity index (χ1) is 9.22. The summed E-state index contributed by atoms with van der Waals surface area (Å²) < 4.78 is 0. The fraction of sp³-hybridized carbons (Fsp3) is 0.118. The standard InChI is InChI=1S/C17H15NO/c1-13-7-6-8-14(2)17(13)18-11-16(12-19)15-9-4-3-5-10-15/h3-11H,1-2H3. The fourth-order valence-corrected chi connectivity index (χ4v) is 1.92. The maximum absolute atomic E-state index is 11.0. The molecule has 0 bridgehead atoms. The second-order valence-electron chi connectivity index (χ2n) is 4.38. The van der Waals surface area contributed by atoms with Gasteiger partial charge in [-0.2, -0.15) is 0 Å². The lowest BCUT2D eigenvalue weighted by molar-refractivity contribution is 0.570. The van der Waals surface area contributed by atoms with Crippen LogP contribution in [-0.2, 0) is 4.79 Å². The lowest BCUT2D eigenvalue weighted by atomic mass is 10.1. The molecule has 0 spiro atoms. The van der Waals surface area contributed by atoms with Crippen LogP contribution in [0.5, 0.6) is 0 Å². The molecular weight excluding hydrogens is 234 g/mol. The first-order valence-corrected chi connectivity index (χ1v) is 6.13. The van der Waals surface area contributed by atoms with E-state index < -0.39 is 0 Å². The van der Waals surface area contributed by atoms with Crippen molar-refractivity contribution in [3.63, 3.8) is 0 Å². The van der Waals surface area contributed by atoms with Gasteiger partial charge in [0.25, 0.3) is 0 Å². The number of hydrogen-bond donors (Lipinski definition) is 0. The molecular formula is C17H15NO. The summed E-state index contributed by atoms with van der Waals surface area (Å²) in [5.41, 5.74) is 4.38. The summed E-state index contributed by atoms with van der Waals surface area (Å²) in [6.07, 6.45) is 1.58. The molecule has 2 heteroatoms. The minimum Gasteiger partial charge on any atom is -0.255 e. The summed E-state index contributed by atoms with van der Waals surface area (Å²) in [6, 6.07) is 15.4. The Kier molecular flexibility index (Phi) is 4.07. The van der Waals surface area contributed by atoms with Gasteiger partial charge in [0.15, 0.2) is 0 Å². The monoisotopic (exact) mass is 249 g/mol. The van der Waals surface area contributed by atoms with E-state index in [0.717, 1.165) is 22.4 Å². The number of benzene rings is 2. The van der Waals surface area contributed by atoms with E-state index in [1.54, 1.807) is 6.21 Å². The Bertz CT molecular complexity index is 630. The first kappa shape index (κ1) is 13.0. The molecule has 19 heavy (non-hydrogen) atoms. The Morgan fingerprint density at radius 2 is 1.63 bits per heavy atom. The van der Waals surface area contributed by atoms with E-state index in [9.17, 15) is 4.79 Å². The molecule has 2 nitrogen and oxygen atoms in total. The molecule has 0 radical (unpaired) electrons. The molecule has 0 atom stereocenters. The summed E-state index contributed by atoms with van der Waals surface area (Å²) in [5, 5.41) is 0. The Balaban J connectivity index is 2.35. The highest BCUT2D eigenvalue weighted by Gasteiger charge is 2.01. The zero-order valence-corrected chi connectivity index (χ0v) is 11.1. The number of nitrogens with zero attached hydrogens (tertiary/aromatic N) is 1. The van der Waals surface area contributed by atoms with Gasteiger partial charge in [-0.1, -0.05) is 48.5 Å². The molecule has 0 aliphatic heterocycles. The van der Waals surface area contributed by atoms with Crippen LogP contribution in [0.15, 0.2) is 53.5 Å². The van der Waals surface area contributed by atoms with Crippen LogP contribution in [0.1, 0.15) is 16.7 Å². The SMILES string of the molecule is Cc1cccc(C)c1N=CC(=C=O)c1ccccc1. The summed E-state index contributed by atoms with van der Waals surface area (Å²) in [7, 11) is 0. The number of rotatable bonds is 3. The van der Waals surface area contributed by atoms with Crippen LogP contribution >= 0.6 is 0 Å². The number of allylic oxidation sites excluding steroid dienone is 1. The van der Waals surface area contributed by atoms with Crippen LogP contribution in [0.3, 0.4) is 0 Å². The normalized spacial score (nSPS) is 10.4. The van der Waals surface area contributed by atoms with Gasteiger partial charge in [-0.25, -0.2) is 4.79 Å². The van der Waals surface area contributed by atoms with E-state index >= 15 is 0 Å². The van der Waals surface area contributed by atoms with Gasteiger partial charge in [-0.3, -0.25) is 4.99 Å². The minimum absolute atomic E-state index is 0.461. The van der Waals surface area contributed by atoms with Crippen molar-refractivity contribution in [1.82, 2.24) is 0 Å². The van der Waals surface area contributed by atoms with Gasteiger partial charge in [0.2, 0.25) is 0 Å². The topological polar surface area (TPSA) is 29.4 Å². The highest BCUT2D eigenvalue weighted by atomic mass is 16.1. The highest BCUT2D eigenvalue weighted by molar-refractivity contribution is 6.20. The smallest absolute Gasteiger partial charge is 0.134 e. The molecule has 94 valence electrons. The summed E-state index contributed by atoms with van der Waals surface area (Å²) in [5.74, 6) is 1.94. The van der Waals surface area contributed by atoms with Gasteiger partial charge in [0.1, 0.15) is 5.94 Å². The number of hydrogen-bond acceptors (Lipinski definition) is 2.